The van der Waals surface area contributed by atoms with Crippen molar-refractivity contribution in [3.8, 4) is 5.75 Å². The van der Waals surface area contributed by atoms with E-state index in [1.807, 2.05) is 6.07 Å². The van der Waals surface area contributed by atoms with Crippen LogP contribution < -0.4 is 10.1 Å². The smallest absolute Gasteiger partial charge is 0.259 e. The van der Waals surface area contributed by atoms with Gasteiger partial charge in [0.2, 0.25) is 0 Å². The van der Waals surface area contributed by atoms with Crippen LogP contribution in [0.5, 0.6) is 5.75 Å². The first-order valence-corrected chi connectivity index (χ1v) is 10.1. The quantitative estimate of drug-likeness (QED) is 0.639. The van der Waals surface area contributed by atoms with Crippen molar-refractivity contribution in [2.24, 2.45) is 0 Å². The SMILES string of the molecule is COCCOc1ccc(Br)cc1C(=O)Nc1ccc(C(=O)N2CCOCC2)cc1. The average Bonchev–Trinajstić information content (AvgIpc) is 2.75. The summed E-state index contributed by atoms with van der Waals surface area (Å²) in [4.78, 5) is 27.0. The zero-order valence-electron chi connectivity index (χ0n) is 16.2. The molecule has 3 rings (SSSR count). The predicted molar refractivity (Wildman–Crippen MR) is 113 cm³/mol. The van der Waals surface area contributed by atoms with E-state index < -0.39 is 0 Å². The highest BCUT2D eigenvalue weighted by Gasteiger charge is 2.19. The van der Waals surface area contributed by atoms with E-state index >= 15 is 0 Å². The Kier molecular flexibility index (Phi) is 7.62. The zero-order valence-corrected chi connectivity index (χ0v) is 17.7. The maximum absolute atomic E-state index is 12.8. The Morgan fingerprint density at radius 3 is 2.52 bits per heavy atom. The lowest BCUT2D eigenvalue weighted by Crippen LogP contribution is -2.40. The van der Waals surface area contributed by atoms with E-state index in [1.54, 1.807) is 48.4 Å². The number of morpholine rings is 1. The molecule has 0 unspecified atom stereocenters. The number of amides is 2. The van der Waals surface area contributed by atoms with Gasteiger partial charge in [0.05, 0.1) is 25.4 Å². The van der Waals surface area contributed by atoms with Crippen LogP contribution in [-0.2, 0) is 9.47 Å². The number of methoxy groups -OCH3 is 1. The summed E-state index contributed by atoms with van der Waals surface area (Å²) in [6, 6.07) is 12.1. The van der Waals surface area contributed by atoms with E-state index in [0.717, 1.165) is 4.47 Å². The Balaban J connectivity index is 1.67. The average molecular weight is 463 g/mol. The van der Waals surface area contributed by atoms with Gasteiger partial charge in [-0.3, -0.25) is 9.59 Å². The Hall–Kier alpha value is -2.42. The molecule has 2 amide bonds. The van der Waals surface area contributed by atoms with Crippen molar-refractivity contribution in [2.45, 2.75) is 0 Å². The maximum Gasteiger partial charge on any atom is 0.259 e. The molecular formula is C21H23BrN2O5. The Labute approximate surface area is 178 Å². The van der Waals surface area contributed by atoms with Crippen LogP contribution in [0.25, 0.3) is 0 Å². The largest absolute Gasteiger partial charge is 0.490 e. The number of rotatable bonds is 7. The number of ether oxygens (including phenoxy) is 3. The number of hydrogen-bond acceptors (Lipinski definition) is 5. The molecule has 7 nitrogen and oxygen atoms in total. The Bertz CT molecular complexity index is 851. The van der Waals surface area contributed by atoms with Crippen LogP contribution in [0.4, 0.5) is 5.69 Å². The Morgan fingerprint density at radius 1 is 1.10 bits per heavy atom. The molecule has 0 saturated carbocycles. The molecule has 0 bridgehead atoms. The van der Waals surface area contributed by atoms with Crippen molar-refractivity contribution in [1.82, 2.24) is 4.90 Å². The molecule has 0 aliphatic carbocycles. The molecule has 154 valence electrons. The van der Waals surface area contributed by atoms with Gasteiger partial charge in [-0.25, -0.2) is 0 Å². The summed E-state index contributed by atoms with van der Waals surface area (Å²) in [6.07, 6.45) is 0. The van der Waals surface area contributed by atoms with Crippen molar-refractivity contribution in [3.05, 3.63) is 58.1 Å². The number of nitrogens with zero attached hydrogens (tertiary/aromatic N) is 1. The van der Waals surface area contributed by atoms with Crippen LogP contribution in [0, 0.1) is 0 Å². The van der Waals surface area contributed by atoms with Gasteiger partial charge >= 0.3 is 0 Å². The van der Waals surface area contributed by atoms with Gasteiger partial charge in [0.1, 0.15) is 12.4 Å². The standard InChI is InChI=1S/C21H23BrN2O5/c1-27-12-13-29-19-7-4-16(22)14-18(19)20(25)23-17-5-2-15(3-6-17)21(26)24-8-10-28-11-9-24/h2-7,14H,8-13H2,1H3,(H,23,25). The van der Waals surface area contributed by atoms with Crippen LogP contribution in [0.3, 0.4) is 0 Å². The topological polar surface area (TPSA) is 77.1 Å². The number of carbonyl (C=O) groups is 2. The summed E-state index contributed by atoms with van der Waals surface area (Å²) in [5, 5.41) is 2.85. The van der Waals surface area contributed by atoms with Gasteiger partial charge in [-0.15, -0.1) is 0 Å². The molecule has 0 aromatic heterocycles. The van der Waals surface area contributed by atoms with Crippen molar-refractivity contribution < 1.29 is 23.8 Å². The Morgan fingerprint density at radius 2 is 1.83 bits per heavy atom. The zero-order chi connectivity index (χ0) is 20.6. The third-order valence-electron chi connectivity index (χ3n) is 4.42. The molecule has 1 fully saturated rings. The van der Waals surface area contributed by atoms with E-state index in [0.29, 0.717) is 62.1 Å². The number of benzene rings is 2. The monoisotopic (exact) mass is 462 g/mol. The van der Waals surface area contributed by atoms with Gasteiger partial charge in [0.15, 0.2) is 0 Å². The molecule has 1 heterocycles. The number of carbonyl (C=O) groups excluding carboxylic acids is 2. The molecule has 0 atom stereocenters. The van der Waals surface area contributed by atoms with Gasteiger partial charge in [-0.1, -0.05) is 15.9 Å². The van der Waals surface area contributed by atoms with Gasteiger partial charge < -0.3 is 24.4 Å². The normalized spacial score (nSPS) is 13.8. The van der Waals surface area contributed by atoms with Crippen LogP contribution in [0.1, 0.15) is 20.7 Å². The summed E-state index contributed by atoms with van der Waals surface area (Å²) in [5.41, 5.74) is 1.58. The molecule has 29 heavy (non-hydrogen) atoms. The van der Waals surface area contributed by atoms with Crippen LogP contribution >= 0.6 is 15.9 Å². The van der Waals surface area contributed by atoms with Crippen molar-refractivity contribution in [1.29, 1.82) is 0 Å². The van der Waals surface area contributed by atoms with Crippen molar-refractivity contribution in [3.63, 3.8) is 0 Å². The molecule has 2 aromatic carbocycles. The summed E-state index contributed by atoms with van der Waals surface area (Å²) in [6.45, 7) is 3.06. The molecule has 0 spiro atoms. The van der Waals surface area contributed by atoms with Crippen LogP contribution in [-0.4, -0.2) is 63.3 Å². The summed E-state index contributed by atoms with van der Waals surface area (Å²) >= 11 is 3.38. The second-order valence-corrected chi connectivity index (χ2v) is 7.33. The minimum absolute atomic E-state index is 0.0352. The van der Waals surface area contributed by atoms with E-state index in [2.05, 4.69) is 21.2 Å². The fourth-order valence-electron chi connectivity index (χ4n) is 2.88. The van der Waals surface area contributed by atoms with Gasteiger partial charge in [-0.2, -0.15) is 0 Å². The molecular weight excluding hydrogens is 440 g/mol. The van der Waals surface area contributed by atoms with Crippen LogP contribution in [0.15, 0.2) is 46.9 Å². The predicted octanol–water partition coefficient (Wildman–Crippen LogP) is 3.20. The summed E-state index contributed by atoms with van der Waals surface area (Å²) in [7, 11) is 1.59. The fraction of sp³-hybridized carbons (Fsp3) is 0.333. The first-order chi connectivity index (χ1) is 14.1. The lowest BCUT2D eigenvalue weighted by Gasteiger charge is -2.26. The van der Waals surface area contributed by atoms with Gasteiger partial charge in [0, 0.05) is 35.9 Å². The number of halogens is 1. The highest BCUT2D eigenvalue weighted by molar-refractivity contribution is 9.10. The first-order valence-electron chi connectivity index (χ1n) is 9.28. The highest BCUT2D eigenvalue weighted by Crippen LogP contribution is 2.24. The van der Waals surface area contributed by atoms with E-state index in [1.165, 1.54) is 0 Å². The number of hydrogen-bond donors (Lipinski definition) is 1. The van der Waals surface area contributed by atoms with Crippen molar-refractivity contribution in [2.75, 3.05) is 51.9 Å². The fourth-order valence-corrected chi connectivity index (χ4v) is 3.25. The number of anilines is 1. The highest BCUT2D eigenvalue weighted by atomic mass is 79.9. The number of nitrogens with one attached hydrogen (secondary N) is 1. The molecule has 1 aliphatic heterocycles. The van der Waals surface area contributed by atoms with Crippen molar-refractivity contribution >= 4 is 33.4 Å². The van der Waals surface area contributed by atoms with E-state index in [-0.39, 0.29) is 11.8 Å². The van der Waals surface area contributed by atoms with Crippen LogP contribution in [0.2, 0.25) is 0 Å². The van der Waals surface area contributed by atoms with E-state index in [9.17, 15) is 9.59 Å². The molecule has 1 aliphatic rings. The second-order valence-electron chi connectivity index (χ2n) is 6.42. The summed E-state index contributed by atoms with van der Waals surface area (Å²) in [5.74, 6) is 0.139. The first kappa shape index (κ1) is 21.3. The van der Waals surface area contributed by atoms with Gasteiger partial charge in [0.25, 0.3) is 11.8 Å². The van der Waals surface area contributed by atoms with E-state index in [4.69, 9.17) is 14.2 Å². The molecule has 2 aromatic rings. The lowest BCUT2D eigenvalue weighted by molar-refractivity contribution is 0.0303. The lowest BCUT2D eigenvalue weighted by atomic mass is 10.1. The molecule has 1 N–H and O–H groups in total. The van der Waals surface area contributed by atoms with Gasteiger partial charge in [-0.05, 0) is 42.5 Å². The third-order valence-corrected chi connectivity index (χ3v) is 4.91. The minimum atomic E-state index is -0.300. The molecule has 1 saturated heterocycles. The minimum Gasteiger partial charge on any atom is -0.490 e. The molecule has 8 heteroatoms. The third kappa shape index (κ3) is 5.79. The second kappa shape index (κ2) is 10.4. The summed E-state index contributed by atoms with van der Waals surface area (Å²) < 4.78 is 16.7. The molecule has 0 radical (unpaired) electrons. The maximum atomic E-state index is 12.8.